The van der Waals surface area contributed by atoms with Crippen molar-refractivity contribution in [2.24, 2.45) is 7.05 Å². The van der Waals surface area contributed by atoms with Gasteiger partial charge in [0.05, 0.1) is 6.54 Å². The number of nitrogens with zero attached hydrogens (tertiary/aromatic N) is 5. The van der Waals surface area contributed by atoms with E-state index >= 15 is 0 Å². The molecular formula is C12H19N7O. The molecule has 0 fully saturated rings. The molecule has 108 valence electrons. The first-order valence-electron chi connectivity index (χ1n) is 6.58. The molecule has 0 aromatic carbocycles. The van der Waals surface area contributed by atoms with Gasteiger partial charge in [-0.05, 0) is 6.92 Å². The fraction of sp³-hybridized carbons (Fsp3) is 0.500. The number of rotatable bonds is 5. The summed E-state index contributed by atoms with van der Waals surface area (Å²) < 4.78 is 3.62. The Labute approximate surface area is 117 Å². The van der Waals surface area contributed by atoms with Crippen LogP contribution in [0.2, 0.25) is 0 Å². The van der Waals surface area contributed by atoms with Crippen molar-refractivity contribution in [3.8, 4) is 0 Å². The molecule has 0 bridgehead atoms. The van der Waals surface area contributed by atoms with Crippen molar-refractivity contribution in [3.05, 3.63) is 24.0 Å². The predicted octanol–water partition coefficient (Wildman–Crippen LogP) is 0.916. The highest BCUT2D eigenvalue weighted by atomic mass is 16.2. The van der Waals surface area contributed by atoms with Crippen molar-refractivity contribution < 1.29 is 4.79 Å². The Morgan fingerprint density at radius 1 is 1.35 bits per heavy atom. The van der Waals surface area contributed by atoms with Crippen LogP contribution in [0.4, 0.5) is 10.7 Å². The highest BCUT2D eigenvalue weighted by Crippen LogP contribution is 2.02. The number of aromatic nitrogens is 5. The fourth-order valence-electron chi connectivity index (χ4n) is 1.88. The van der Waals surface area contributed by atoms with Crippen LogP contribution in [0.5, 0.6) is 0 Å². The average Bonchev–Trinajstić information content (AvgIpc) is 3.02. The molecule has 2 amide bonds. The number of nitrogens with one attached hydrogen (secondary N) is 2. The van der Waals surface area contributed by atoms with Gasteiger partial charge in [0, 0.05) is 32.4 Å². The van der Waals surface area contributed by atoms with Crippen LogP contribution in [0.15, 0.2) is 12.4 Å². The topological polar surface area (TPSA) is 89.7 Å². The maximum absolute atomic E-state index is 11.8. The van der Waals surface area contributed by atoms with Gasteiger partial charge in [-0.3, -0.25) is 10.00 Å². The molecule has 0 spiro atoms. The van der Waals surface area contributed by atoms with E-state index in [0.717, 1.165) is 24.6 Å². The Hall–Kier alpha value is -2.38. The van der Waals surface area contributed by atoms with E-state index in [1.807, 2.05) is 24.6 Å². The number of urea groups is 1. The lowest BCUT2D eigenvalue weighted by Crippen LogP contribution is -2.29. The van der Waals surface area contributed by atoms with Gasteiger partial charge in [-0.1, -0.05) is 6.92 Å². The van der Waals surface area contributed by atoms with Crippen molar-refractivity contribution >= 4 is 12.0 Å². The quantitative estimate of drug-likeness (QED) is 0.850. The molecule has 2 aromatic rings. The van der Waals surface area contributed by atoms with Crippen LogP contribution in [0.3, 0.4) is 0 Å². The van der Waals surface area contributed by atoms with Gasteiger partial charge in [-0.15, -0.1) is 5.10 Å². The van der Waals surface area contributed by atoms with E-state index in [1.165, 1.54) is 0 Å². The van der Waals surface area contributed by atoms with Crippen LogP contribution < -0.4 is 10.6 Å². The summed E-state index contributed by atoms with van der Waals surface area (Å²) in [6, 6.07) is -0.344. The zero-order valence-corrected chi connectivity index (χ0v) is 11.9. The van der Waals surface area contributed by atoms with E-state index < -0.39 is 0 Å². The van der Waals surface area contributed by atoms with Crippen LogP contribution in [0.1, 0.15) is 25.5 Å². The summed E-state index contributed by atoms with van der Waals surface area (Å²) in [7, 11) is 1.80. The summed E-state index contributed by atoms with van der Waals surface area (Å²) in [4.78, 5) is 20.2. The number of hydrogen-bond donors (Lipinski definition) is 2. The minimum absolute atomic E-state index is 0.306. The molecular weight excluding hydrogens is 258 g/mol. The van der Waals surface area contributed by atoms with Crippen LogP contribution in [0, 0.1) is 0 Å². The molecule has 8 nitrogen and oxygen atoms in total. The van der Waals surface area contributed by atoms with Crippen LogP contribution in [0.25, 0.3) is 0 Å². The molecule has 0 unspecified atom stereocenters. The number of hydrogen-bond acceptors (Lipinski definition) is 4. The van der Waals surface area contributed by atoms with E-state index in [4.69, 9.17) is 0 Å². The SMILES string of the molecule is CCc1nc(NC(=O)NCc2nccn2CC)nn1C. The third-order valence-electron chi connectivity index (χ3n) is 2.94. The second-order valence-electron chi connectivity index (χ2n) is 4.27. The molecule has 0 saturated carbocycles. The normalized spacial score (nSPS) is 10.6. The summed E-state index contributed by atoms with van der Waals surface area (Å²) in [5.74, 6) is 1.94. The molecule has 0 aliphatic heterocycles. The molecule has 0 aliphatic carbocycles. The molecule has 0 radical (unpaired) electrons. The molecule has 2 N–H and O–H groups in total. The zero-order chi connectivity index (χ0) is 14.5. The smallest absolute Gasteiger partial charge is 0.322 e. The molecule has 0 saturated heterocycles. The Balaban J connectivity index is 1.89. The first-order chi connectivity index (χ1) is 9.63. The minimum atomic E-state index is -0.344. The van der Waals surface area contributed by atoms with Gasteiger partial charge in [-0.2, -0.15) is 4.98 Å². The summed E-state index contributed by atoms with van der Waals surface area (Å²) in [6.07, 6.45) is 4.36. The van der Waals surface area contributed by atoms with E-state index in [-0.39, 0.29) is 6.03 Å². The number of carbonyl (C=O) groups excluding carboxylic acids is 1. The minimum Gasteiger partial charge on any atom is -0.334 e. The van der Waals surface area contributed by atoms with Gasteiger partial charge in [0.25, 0.3) is 0 Å². The van der Waals surface area contributed by atoms with E-state index in [2.05, 4.69) is 25.7 Å². The van der Waals surface area contributed by atoms with Crippen molar-refractivity contribution in [1.29, 1.82) is 0 Å². The lowest BCUT2D eigenvalue weighted by molar-refractivity contribution is 0.251. The Kier molecular flexibility index (Phi) is 4.34. The summed E-state index contributed by atoms with van der Waals surface area (Å²) in [5.41, 5.74) is 0. The highest BCUT2D eigenvalue weighted by molar-refractivity contribution is 5.87. The molecule has 0 aliphatic rings. The van der Waals surface area contributed by atoms with Crippen molar-refractivity contribution in [3.63, 3.8) is 0 Å². The average molecular weight is 277 g/mol. The van der Waals surface area contributed by atoms with Gasteiger partial charge in [0.15, 0.2) is 0 Å². The molecule has 2 heterocycles. The summed E-state index contributed by atoms with van der Waals surface area (Å²) in [6.45, 7) is 5.19. The van der Waals surface area contributed by atoms with Gasteiger partial charge in [-0.25, -0.2) is 9.78 Å². The van der Waals surface area contributed by atoms with Crippen LogP contribution in [-0.2, 0) is 26.6 Å². The summed E-state index contributed by atoms with van der Waals surface area (Å²) in [5, 5.41) is 9.45. The Bertz CT molecular complexity index is 586. The number of anilines is 1. The van der Waals surface area contributed by atoms with Gasteiger partial charge < -0.3 is 9.88 Å². The second-order valence-corrected chi connectivity index (χ2v) is 4.27. The van der Waals surface area contributed by atoms with Gasteiger partial charge >= 0.3 is 6.03 Å². The lowest BCUT2D eigenvalue weighted by Gasteiger charge is -2.06. The fourth-order valence-corrected chi connectivity index (χ4v) is 1.88. The van der Waals surface area contributed by atoms with Crippen LogP contribution >= 0.6 is 0 Å². The highest BCUT2D eigenvalue weighted by Gasteiger charge is 2.09. The number of imidazole rings is 1. The maximum atomic E-state index is 11.8. The molecule has 8 heteroatoms. The van der Waals surface area contributed by atoms with Gasteiger partial charge in [0.2, 0.25) is 5.95 Å². The molecule has 20 heavy (non-hydrogen) atoms. The Morgan fingerprint density at radius 2 is 2.15 bits per heavy atom. The third kappa shape index (κ3) is 3.14. The number of aryl methyl sites for hydroxylation is 3. The van der Waals surface area contributed by atoms with E-state index in [1.54, 1.807) is 17.9 Å². The lowest BCUT2D eigenvalue weighted by atomic mass is 10.5. The number of amides is 2. The van der Waals surface area contributed by atoms with Crippen molar-refractivity contribution in [2.45, 2.75) is 33.4 Å². The maximum Gasteiger partial charge on any atom is 0.322 e. The van der Waals surface area contributed by atoms with Gasteiger partial charge in [0.1, 0.15) is 11.6 Å². The summed E-state index contributed by atoms with van der Waals surface area (Å²) >= 11 is 0. The first kappa shape index (κ1) is 14.0. The first-order valence-corrected chi connectivity index (χ1v) is 6.58. The second kappa shape index (κ2) is 6.18. The predicted molar refractivity (Wildman–Crippen MR) is 74.1 cm³/mol. The van der Waals surface area contributed by atoms with E-state index in [9.17, 15) is 4.79 Å². The molecule has 2 rings (SSSR count). The molecule has 2 aromatic heterocycles. The largest absolute Gasteiger partial charge is 0.334 e. The third-order valence-corrected chi connectivity index (χ3v) is 2.94. The van der Waals surface area contributed by atoms with Crippen molar-refractivity contribution in [1.82, 2.24) is 29.6 Å². The zero-order valence-electron chi connectivity index (χ0n) is 11.9. The van der Waals surface area contributed by atoms with E-state index in [0.29, 0.717) is 12.5 Å². The van der Waals surface area contributed by atoms with Crippen LogP contribution in [-0.4, -0.2) is 30.3 Å². The standard InChI is InChI=1S/C12H19N7O/c1-4-9-15-11(17-18(9)3)16-12(20)14-8-10-13-6-7-19(10)5-2/h6-7H,4-5,8H2,1-3H3,(H2,14,16,17,20). The van der Waals surface area contributed by atoms with Crippen molar-refractivity contribution in [2.75, 3.05) is 5.32 Å². The molecule has 0 atom stereocenters. The Morgan fingerprint density at radius 3 is 2.80 bits per heavy atom. The monoisotopic (exact) mass is 277 g/mol. The number of carbonyl (C=O) groups is 1.